The number of aryl methyl sites for hydroxylation is 1. The molecule has 3 rings (SSSR count). The second kappa shape index (κ2) is 6.33. The van der Waals surface area contributed by atoms with Gasteiger partial charge in [0.1, 0.15) is 5.52 Å². The van der Waals surface area contributed by atoms with Gasteiger partial charge in [0.05, 0.1) is 6.61 Å². The van der Waals surface area contributed by atoms with E-state index >= 15 is 0 Å². The first-order valence-corrected chi connectivity index (χ1v) is 7.42. The van der Waals surface area contributed by atoms with Crippen LogP contribution in [-0.2, 0) is 0 Å². The lowest BCUT2D eigenvalue weighted by molar-refractivity contribution is 0.127. The van der Waals surface area contributed by atoms with Crippen LogP contribution in [0.2, 0.25) is 0 Å². The molecular formula is C15H20N4O3. The van der Waals surface area contributed by atoms with Gasteiger partial charge >= 0.3 is 6.03 Å². The Morgan fingerprint density at radius 3 is 2.86 bits per heavy atom. The van der Waals surface area contributed by atoms with Gasteiger partial charge in [-0.2, -0.15) is 0 Å². The molecule has 1 aromatic heterocycles. The van der Waals surface area contributed by atoms with Crippen molar-refractivity contribution in [3.8, 4) is 0 Å². The Morgan fingerprint density at radius 2 is 2.14 bits per heavy atom. The molecule has 0 atom stereocenters. The lowest BCUT2D eigenvalue weighted by atomic mass is 10.3. The molecule has 7 nitrogen and oxygen atoms in total. The van der Waals surface area contributed by atoms with Gasteiger partial charge in [-0.15, -0.1) is 0 Å². The number of aliphatic hydroxyl groups is 1. The molecule has 2 aromatic rings. The summed E-state index contributed by atoms with van der Waals surface area (Å²) in [6.07, 6.45) is 0. The van der Waals surface area contributed by atoms with Gasteiger partial charge in [-0.1, -0.05) is 0 Å². The van der Waals surface area contributed by atoms with Gasteiger partial charge in [0.15, 0.2) is 11.5 Å². The second-order valence-electron chi connectivity index (χ2n) is 5.40. The number of nitrogens with zero attached hydrogens (tertiary/aromatic N) is 3. The summed E-state index contributed by atoms with van der Waals surface area (Å²) in [6.45, 7) is 5.52. The predicted molar refractivity (Wildman–Crippen MR) is 82.9 cm³/mol. The number of aromatic nitrogens is 1. The maximum Gasteiger partial charge on any atom is 0.321 e. The molecule has 0 spiro atoms. The zero-order chi connectivity index (χ0) is 15.5. The first-order valence-electron chi connectivity index (χ1n) is 7.42. The van der Waals surface area contributed by atoms with Crippen molar-refractivity contribution in [3.63, 3.8) is 0 Å². The molecule has 1 aliphatic rings. The molecule has 0 unspecified atom stereocenters. The van der Waals surface area contributed by atoms with E-state index in [1.54, 1.807) is 11.8 Å². The molecule has 1 aromatic carbocycles. The zero-order valence-corrected chi connectivity index (χ0v) is 12.6. The lowest BCUT2D eigenvalue weighted by Crippen LogP contribution is -2.50. The number of aliphatic hydroxyl groups excluding tert-OH is 1. The van der Waals surface area contributed by atoms with E-state index in [-0.39, 0.29) is 12.6 Å². The van der Waals surface area contributed by atoms with Crippen LogP contribution >= 0.6 is 0 Å². The second-order valence-corrected chi connectivity index (χ2v) is 5.40. The van der Waals surface area contributed by atoms with Crippen LogP contribution in [0.5, 0.6) is 0 Å². The topological polar surface area (TPSA) is 81.8 Å². The van der Waals surface area contributed by atoms with Crippen LogP contribution in [0.25, 0.3) is 11.1 Å². The fourth-order valence-corrected chi connectivity index (χ4v) is 2.64. The van der Waals surface area contributed by atoms with E-state index in [2.05, 4.69) is 15.2 Å². The SMILES string of the molecule is Cc1nc2cc(NC(=O)N3CCN(CCO)CC3)ccc2o1. The van der Waals surface area contributed by atoms with Crippen LogP contribution in [0.1, 0.15) is 5.89 Å². The number of carbonyl (C=O) groups is 1. The van der Waals surface area contributed by atoms with E-state index < -0.39 is 0 Å². The molecule has 1 aliphatic heterocycles. The van der Waals surface area contributed by atoms with Crippen molar-refractivity contribution in [1.82, 2.24) is 14.8 Å². The van der Waals surface area contributed by atoms with Crippen LogP contribution < -0.4 is 5.32 Å². The first kappa shape index (κ1) is 14.8. The molecule has 0 saturated carbocycles. The Morgan fingerprint density at radius 1 is 1.36 bits per heavy atom. The monoisotopic (exact) mass is 304 g/mol. The summed E-state index contributed by atoms with van der Waals surface area (Å²) in [7, 11) is 0. The van der Waals surface area contributed by atoms with E-state index in [0.717, 1.165) is 18.6 Å². The molecule has 22 heavy (non-hydrogen) atoms. The quantitative estimate of drug-likeness (QED) is 0.892. The summed E-state index contributed by atoms with van der Waals surface area (Å²) in [6, 6.07) is 5.33. The minimum atomic E-state index is -0.108. The number of piperazine rings is 1. The third-order valence-corrected chi connectivity index (χ3v) is 3.82. The molecule has 2 amide bonds. The summed E-state index contributed by atoms with van der Waals surface area (Å²) in [5.74, 6) is 0.610. The van der Waals surface area contributed by atoms with Crippen molar-refractivity contribution < 1.29 is 14.3 Å². The van der Waals surface area contributed by atoms with Gasteiger partial charge in [-0.25, -0.2) is 9.78 Å². The highest BCUT2D eigenvalue weighted by Crippen LogP contribution is 2.20. The third-order valence-electron chi connectivity index (χ3n) is 3.82. The average Bonchev–Trinajstić information content (AvgIpc) is 2.87. The van der Waals surface area contributed by atoms with Crippen molar-refractivity contribution in [2.45, 2.75) is 6.92 Å². The van der Waals surface area contributed by atoms with Crippen molar-refractivity contribution in [2.24, 2.45) is 0 Å². The maximum atomic E-state index is 12.3. The lowest BCUT2D eigenvalue weighted by Gasteiger charge is -2.34. The number of urea groups is 1. The van der Waals surface area contributed by atoms with Crippen LogP contribution in [0.15, 0.2) is 22.6 Å². The summed E-state index contributed by atoms with van der Waals surface area (Å²) in [4.78, 5) is 20.5. The van der Waals surface area contributed by atoms with Gasteiger partial charge in [0.2, 0.25) is 0 Å². The Kier molecular flexibility index (Phi) is 4.26. The number of rotatable bonds is 3. The predicted octanol–water partition coefficient (Wildman–Crippen LogP) is 1.28. The van der Waals surface area contributed by atoms with Crippen LogP contribution in [-0.4, -0.2) is 65.3 Å². The van der Waals surface area contributed by atoms with Gasteiger partial charge in [0.25, 0.3) is 0 Å². The van der Waals surface area contributed by atoms with E-state index in [9.17, 15) is 4.79 Å². The van der Waals surface area contributed by atoms with E-state index in [4.69, 9.17) is 9.52 Å². The molecule has 2 heterocycles. The van der Waals surface area contributed by atoms with Gasteiger partial charge in [-0.05, 0) is 18.2 Å². The number of oxazole rings is 1. The Balaban J connectivity index is 1.61. The van der Waals surface area contributed by atoms with Crippen molar-refractivity contribution in [3.05, 3.63) is 24.1 Å². The molecule has 118 valence electrons. The third kappa shape index (κ3) is 3.20. The number of benzene rings is 1. The average molecular weight is 304 g/mol. The fraction of sp³-hybridized carbons (Fsp3) is 0.467. The molecule has 0 radical (unpaired) electrons. The largest absolute Gasteiger partial charge is 0.441 e. The highest BCUT2D eigenvalue weighted by Gasteiger charge is 2.20. The van der Waals surface area contributed by atoms with Gasteiger partial charge < -0.3 is 19.7 Å². The molecule has 2 N–H and O–H groups in total. The standard InChI is InChI=1S/C15H20N4O3/c1-11-16-13-10-12(2-3-14(13)22-11)17-15(21)19-6-4-18(5-7-19)8-9-20/h2-3,10,20H,4-9H2,1H3,(H,17,21). The van der Waals surface area contributed by atoms with Crippen LogP contribution in [0.3, 0.4) is 0 Å². The minimum absolute atomic E-state index is 0.108. The highest BCUT2D eigenvalue weighted by atomic mass is 16.3. The van der Waals surface area contributed by atoms with E-state index in [0.29, 0.717) is 36.8 Å². The molecular weight excluding hydrogens is 284 g/mol. The zero-order valence-electron chi connectivity index (χ0n) is 12.6. The number of amides is 2. The molecule has 0 aliphatic carbocycles. The Labute approximate surface area is 128 Å². The Hall–Kier alpha value is -2.12. The van der Waals surface area contributed by atoms with Crippen LogP contribution in [0.4, 0.5) is 10.5 Å². The number of hydrogen-bond donors (Lipinski definition) is 2. The number of hydrogen-bond acceptors (Lipinski definition) is 5. The number of β-amino-alcohol motifs (C(OH)–C–C–N with tert-alkyl or cyclic N) is 1. The number of fused-ring (bicyclic) bond motifs is 1. The molecule has 7 heteroatoms. The Bertz CT molecular complexity index is 662. The fourth-order valence-electron chi connectivity index (χ4n) is 2.64. The molecule has 1 fully saturated rings. The number of carbonyl (C=O) groups excluding carboxylic acids is 1. The normalized spacial score (nSPS) is 16.2. The first-order chi connectivity index (χ1) is 10.7. The van der Waals surface area contributed by atoms with E-state index in [1.807, 2.05) is 18.2 Å². The smallest absolute Gasteiger partial charge is 0.321 e. The maximum absolute atomic E-state index is 12.3. The highest BCUT2D eigenvalue weighted by molar-refractivity contribution is 5.91. The summed E-state index contributed by atoms with van der Waals surface area (Å²) < 4.78 is 5.42. The van der Waals surface area contributed by atoms with Crippen LogP contribution in [0, 0.1) is 6.92 Å². The van der Waals surface area contributed by atoms with Gasteiger partial charge in [-0.3, -0.25) is 4.90 Å². The molecule has 0 bridgehead atoms. The number of anilines is 1. The van der Waals surface area contributed by atoms with Gasteiger partial charge in [0, 0.05) is 45.3 Å². The molecule has 1 saturated heterocycles. The van der Waals surface area contributed by atoms with Crippen molar-refractivity contribution in [2.75, 3.05) is 44.6 Å². The van der Waals surface area contributed by atoms with Crippen molar-refractivity contribution in [1.29, 1.82) is 0 Å². The minimum Gasteiger partial charge on any atom is -0.441 e. The summed E-state index contributed by atoms with van der Waals surface area (Å²) >= 11 is 0. The van der Waals surface area contributed by atoms with E-state index in [1.165, 1.54) is 0 Å². The number of nitrogens with one attached hydrogen (secondary N) is 1. The summed E-state index contributed by atoms with van der Waals surface area (Å²) in [5, 5.41) is 11.8. The summed E-state index contributed by atoms with van der Waals surface area (Å²) in [5.41, 5.74) is 2.17. The van der Waals surface area contributed by atoms with Crippen molar-refractivity contribution >= 4 is 22.8 Å².